The zero-order chi connectivity index (χ0) is 13.3. The molecule has 0 fully saturated rings. The Hall–Kier alpha value is -1.47. The van der Waals surface area contributed by atoms with E-state index in [9.17, 15) is 4.79 Å². The summed E-state index contributed by atoms with van der Waals surface area (Å²) in [5.41, 5.74) is 6.24. The summed E-state index contributed by atoms with van der Waals surface area (Å²) in [6.45, 7) is 5.68. The van der Waals surface area contributed by atoms with Crippen molar-refractivity contribution in [1.82, 2.24) is 15.3 Å². The van der Waals surface area contributed by atoms with Crippen molar-refractivity contribution in [3.8, 4) is 0 Å². The molecule has 7 heteroatoms. The Morgan fingerprint density at radius 3 is 2.67 bits per heavy atom. The van der Waals surface area contributed by atoms with Gasteiger partial charge >= 0.3 is 0 Å². The second-order valence-electron chi connectivity index (χ2n) is 3.97. The molecular formula is C11H14N4OS2. The van der Waals surface area contributed by atoms with Gasteiger partial charge in [-0.3, -0.25) is 4.79 Å². The summed E-state index contributed by atoms with van der Waals surface area (Å²) in [5.74, 6) is -0.151. The molecule has 18 heavy (non-hydrogen) atoms. The van der Waals surface area contributed by atoms with Crippen molar-refractivity contribution in [3.05, 3.63) is 26.7 Å². The van der Waals surface area contributed by atoms with Gasteiger partial charge < -0.3 is 11.1 Å². The average molecular weight is 282 g/mol. The van der Waals surface area contributed by atoms with Gasteiger partial charge in [0.2, 0.25) is 0 Å². The van der Waals surface area contributed by atoms with Crippen LogP contribution in [0.4, 0.5) is 5.13 Å². The van der Waals surface area contributed by atoms with Gasteiger partial charge in [0.25, 0.3) is 5.91 Å². The number of nitrogen functional groups attached to an aromatic ring is 1. The highest BCUT2D eigenvalue weighted by molar-refractivity contribution is 7.17. The van der Waals surface area contributed by atoms with E-state index in [1.165, 1.54) is 11.3 Å². The van der Waals surface area contributed by atoms with Crippen molar-refractivity contribution in [2.45, 2.75) is 26.8 Å². The van der Waals surface area contributed by atoms with Gasteiger partial charge in [0.1, 0.15) is 9.88 Å². The number of hydrogen-bond acceptors (Lipinski definition) is 6. The van der Waals surface area contributed by atoms with E-state index in [-0.39, 0.29) is 11.9 Å². The maximum absolute atomic E-state index is 12.0. The number of carbonyl (C=O) groups is 1. The van der Waals surface area contributed by atoms with Crippen molar-refractivity contribution < 1.29 is 4.79 Å². The number of rotatable bonds is 3. The van der Waals surface area contributed by atoms with Crippen molar-refractivity contribution in [2.75, 3.05) is 5.73 Å². The molecule has 1 atom stereocenters. The highest BCUT2D eigenvalue weighted by atomic mass is 32.1. The summed E-state index contributed by atoms with van der Waals surface area (Å²) in [6, 6.07) is -0.112. The predicted octanol–water partition coefficient (Wildman–Crippen LogP) is 2.29. The molecule has 0 aromatic carbocycles. The minimum Gasteiger partial charge on any atom is -0.375 e. The molecule has 5 nitrogen and oxygen atoms in total. The third-order valence-electron chi connectivity index (χ3n) is 2.38. The molecule has 96 valence electrons. The summed E-state index contributed by atoms with van der Waals surface area (Å²) < 4.78 is 0. The summed E-state index contributed by atoms with van der Waals surface area (Å²) in [6.07, 6.45) is 1.80. The van der Waals surface area contributed by atoms with Crippen molar-refractivity contribution >= 4 is 33.7 Å². The van der Waals surface area contributed by atoms with Gasteiger partial charge in [0, 0.05) is 11.1 Å². The quantitative estimate of drug-likeness (QED) is 0.905. The first-order valence-corrected chi connectivity index (χ1v) is 7.06. The van der Waals surface area contributed by atoms with Crippen molar-refractivity contribution in [3.63, 3.8) is 0 Å². The van der Waals surface area contributed by atoms with Crippen LogP contribution in [0.5, 0.6) is 0 Å². The van der Waals surface area contributed by atoms with Crippen LogP contribution in [0.25, 0.3) is 0 Å². The Balaban J connectivity index is 2.10. The Kier molecular flexibility index (Phi) is 3.63. The van der Waals surface area contributed by atoms with Gasteiger partial charge in [0.15, 0.2) is 5.13 Å². The van der Waals surface area contributed by atoms with Crippen LogP contribution in [-0.4, -0.2) is 15.9 Å². The molecule has 2 rings (SSSR count). The summed E-state index contributed by atoms with van der Waals surface area (Å²) in [5, 5.41) is 4.22. The van der Waals surface area contributed by atoms with E-state index < -0.39 is 0 Å². The Bertz CT molecular complexity index is 575. The highest BCUT2D eigenvalue weighted by Crippen LogP contribution is 2.22. The first kappa shape index (κ1) is 13.0. The van der Waals surface area contributed by atoms with Crippen LogP contribution in [0.15, 0.2) is 6.20 Å². The number of aromatic nitrogens is 2. The van der Waals surface area contributed by atoms with Gasteiger partial charge in [-0.1, -0.05) is 11.3 Å². The van der Waals surface area contributed by atoms with Crippen molar-refractivity contribution in [2.24, 2.45) is 0 Å². The van der Waals surface area contributed by atoms with Crippen LogP contribution in [-0.2, 0) is 0 Å². The number of amides is 1. The normalized spacial score (nSPS) is 12.4. The number of carbonyl (C=O) groups excluding carboxylic acids is 1. The zero-order valence-electron chi connectivity index (χ0n) is 10.4. The lowest BCUT2D eigenvalue weighted by atomic mass is 10.3. The van der Waals surface area contributed by atoms with Crippen LogP contribution < -0.4 is 11.1 Å². The number of thiazole rings is 2. The molecule has 0 saturated heterocycles. The van der Waals surface area contributed by atoms with Crippen LogP contribution in [0, 0.1) is 13.8 Å². The SMILES string of the molecule is Cc1cnc(C(C)NC(=O)c2sc(N)nc2C)s1. The van der Waals surface area contributed by atoms with Crippen LogP contribution in [0.1, 0.15) is 38.2 Å². The molecule has 0 saturated carbocycles. The second-order valence-corrected chi connectivity index (χ2v) is 6.27. The first-order valence-electron chi connectivity index (χ1n) is 5.43. The first-order chi connectivity index (χ1) is 8.47. The number of nitrogens with zero attached hydrogens (tertiary/aromatic N) is 2. The van der Waals surface area contributed by atoms with E-state index >= 15 is 0 Å². The molecule has 1 unspecified atom stereocenters. The van der Waals surface area contributed by atoms with Crippen molar-refractivity contribution in [1.29, 1.82) is 0 Å². The van der Waals surface area contributed by atoms with Gasteiger partial charge in [-0.2, -0.15) is 0 Å². The monoisotopic (exact) mass is 282 g/mol. The highest BCUT2D eigenvalue weighted by Gasteiger charge is 2.18. The smallest absolute Gasteiger partial charge is 0.263 e. The molecule has 2 aromatic rings. The molecule has 1 amide bonds. The van der Waals surface area contributed by atoms with Crippen LogP contribution >= 0.6 is 22.7 Å². The minimum atomic E-state index is -0.151. The fraction of sp³-hybridized carbons (Fsp3) is 0.364. The van der Waals surface area contributed by atoms with Gasteiger partial charge in [-0.05, 0) is 20.8 Å². The van der Waals surface area contributed by atoms with Gasteiger partial charge in [-0.15, -0.1) is 11.3 Å². The van der Waals surface area contributed by atoms with Gasteiger partial charge in [0.05, 0.1) is 11.7 Å². The van der Waals surface area contributed by atoms with Crippen LogP contribution in [0.2, 0.25) is 0 Å². The lowest BCUT2D eigenvalue weighted by molar-refractivity contribution is 0.0943. The standard InChI is InChI=1S/C11H14N4OS2/c1-5-4-13-10(17-5)7(3)14-9(16)8-6(2)15-11(12)18-8/h4,7H,1-3H3,(H2,12,15)(H,14,16). The van der Waals surface area contributed by atoms with Gasteiger partial charge in [-0.25, -0.2) is 9.97 Å². The molecule has 0 bridgehead atoms. The number of nitrogens with one attached hydrogen (secondary N) is 1. The average Bonchev–Trinajstić information content (AvgIpc) is 2.84. The number of hydrogen-bond donors (Lipinski definition) is 2. The molecule has 2 aromatic heterocycles. The Morgan fingerprint density at radius 1 is 1.44 bits per heavy atom. The molecule has 0 aliphatic rings. The lowest BCUT2D eigenvalue weighted by Gasteiger charge is -2.10. The largest absolute Gasteiger partial charge is 0.375 e. The third kappa shape index (κ3) is 2.68. The van der Waals surface area contributed by atoms with E-state index in [0.717, 1.165) is 9.88 Å². The maximum atomic E-state index is 12.0. The van der Waals surface area contributed by atoms with Crippen LogP contribution in [0.3, 0.4) is 0 Å². The topological polar surface area (TPSA) is 80.9 Å². The Morgan fingerprint density at radius 2 is 2.17 bits per heavy atom. The molecule has 3 N–H and O–H groups in total. The Labute approximate surface area is 113 Å². The fourth-order valence-electron chi connectivity index (χ4n) is 1.52. The summed E-state index contributed by atoms with van der Waals surface area (Å²) in [4.78, 5) is 22.0. The molecule has 0 spiro atoms. The number of anilines is 1. The molecule has 0 aliphatic heterocycles. The minimum absolute atomic E-state index is 0.112. The zero-order valence-corrected chi connectivity index (χ0v) is 12.0. The molecule has 2 heterocycles. The van der Waals surface area contributed by atoms with E-state index in [1.54, 1.807) is 24.5 Å². The molecular weight excluding hydrogens is 268 g/mol. The fourth-order valence-corrected chi connectivity index (χ4v) is 3.04. The summed E-state index contributed by atoms with van der Waals surface area (Å²) >= 11 is 2.78. The number of nitrogens with two attached hydrogens (primary N) is 1. The summed E-state index contributed by atoms with van der Waals surface area (Å²) in [7, 11) is 0. The van der Waals surface area contributed by atoms with E-state index in [2.05, 4.69) is 15.3 Å². The predicted molar refractivity (Wildman–Crippen MR) is 74.0 cm³/mol. The molecule has 0 radical (unpaired) electrons. The lowest BCUT2D eigenvalue weighted by Crippen LogP contribution is -2.26. The maximum Gasteiger partial charge on any atom is 0.263 e. The number of aryl methyl sites for hydroxylation is 2. The van der Waals surface area contributed by atoms with E-state index in [4.69, 9.17) is 5.73 Å². The van der Waals surface area contributed by atoms with E-state index in [1.807, 2.05) is 13.8 Å². The second kappa shape index (κ2) is 5.03. The third-order valence-corrected chi connectivity index (χ3v) is 4.46. The van der Waals surface area contributed by atoms with E-state index in [0.29, 0.717) is 15.7 Å². The molecule has 0 aliphatic carbocycles.